The Morgan fingerprint density at radius 1 is 1.45 bits per heavy atom. The van der Waals surface area contributed by atoms with Gasteiger partial charge in [0.2, 0.25) is 0 Å². The van der Waals surface area contributed by atoms with Gasteiger partial charge in [0.1, 0.15) is 5.82 Å². The summed E-state index contributed by atoms with van der Waals surface area (Å²) in [5, 5.41) is 0. The van der Waals surface area contributed by atoms with Gasteiger partial charge < -0.3 is 4.98 Å². The standard InChI is InChI=1S/C13H24N4O2S/c1-4-12(13-14-5-6-15-13)16-20(18,19)17-8-10(2)7-11(3)9-17/h5-6,10-12,16H,4,7-9H2,1-3H3,(H,14,15). The number of piperidine rings is 1. The van der Waals surface area contributed by atoms with E-state index in [-0.39, 0.29) is 6.04 Å². The van der Waals surface area contributed by atoms with E-state index in [1.807, 2.05) is 6.92 Å². The zero-order chi connectivity index (χ0) is 14.8. The highest BCUT2D eigenvalue weighted by molar-refractivity contribution is 7.87. The van der Waals surface area contributed by atoms with Gasteiger partial charge in [0.15, 0.2) is 0 Å². The van der Waals surface area contributed by atoms with Gasteiger partial charge in [-0.15, -0.1) is 0 Å². The fraction of sp³-hybridized carbons (Fsp3) is 0.769. The van der Waals surface area contributed by atoms with Crippen LogP contribution in [-0.4, -0.2) is 35.8 Å². The summed E-state index contributed by atoms with van der Waals surface area (Å²) in [5.74, 6) is 1.47. The van der Waals surface area contributed by atoms with Gasteiger partial charge in [-0.1, -0.05) is 20.8 Å². The van der Waals surface area contributed by atoms with Gasteiger partial charge in [0, 0.05) is 25.5 Å². The topological polar surface area (TPSA) is 78.1 Å². The molecule has 2 heterocycles. The first-order valence-corrected chi connectivity index (χ1v) is 8.63. The molecule has 3 unspecified atom stereocenters. The summed E-state index contributed by atoms with van der Waals surface area (Å²) in [5.41, 5.74) is 0. The predicted molar refractivity (Wildman–Crippen MR) is 78.2 cm³/mol. The molecule has 1 aromatic heterocycles. The SMILES string of the molecule is CCC(NS(=O)(=O)N1CC(C)CC(C)C1)c1ncc[nH]1. The number of imidazole rings is 1. The lowest BCUT2D eigenvalue weighted by molar-refractivity contribution is 0.219. The number of aromatic nitrogens is 2. The number of nitrogens with one attached hydrogen (secondary N) is 2. The van der Waals surface area contributed by atoms with Crippen LogP contribution in [0.5, 0.6) is 0 Å². The third-order valence-corrected chi connectivity index (χ3v) is 5.28. The van der Waals surface area contributed by atoms with E-state index in [2.05, 4.69) is 28.5 Å². The molecule has 0 bridgehead atoms. The van der Waals surface area contributed by atoms with Crippen LogP contribution >= 0.6 is 0 Å². The zero-order valence-corrected chi connectivity index (χ0v) is 13.2. The number of hydrogen-bond donors (Lipinski definition) is 2. The normalized spacial score (nSPS) is 26.6. The number of H-pyrrole nitrogens is 1. The van der Waals surface area contributed by atoms with E-state index in [4.69, 9.17) is 0 Å². The van der Waals surface area contributed by atoms with Crippen molar-refractivity contribution in [2.45, 2.75) is 39.7 Å². The van der Waals surface area contributed by atoms with Gasteiger partial charge in [-0.25, -0.2) is 4.98 Å². The zero-order valence-electron chi connectivity index (χ0n) is 12.3. The van der Waals surface area contributed by atoms with Gasteiger partial charge in [0.25, 0.3) is 10.2 Å². The first-order valence-electron chi connectivity index (χ1n) is 7.19. The van der Waals surface area contributed by atoms with Crippen LogP contribution in [0.3, 0.4) is 0 Å². The Hall–Kier alpha value is -0.920. The number of rotatable bonds is 5. The average Bonchev–Trinajstić information content (AvgIpc) is 2.88. The molecular weight excluding hydrogens is 276 g/mol. The van der Waals surface area contributed by atoms with E-state index in [1.165, 1.54) is 0 Å². The molecule has 1 aromatic rings. The maximum absolute atomic E-state index is 12.5. The van der Waals surface area contributed by atoms with Gasteiger partial charge in [-0.05, 0) is 24.7 Å². The third kappa shape index (κ3) is 3.59. The van der Waals surface area contributed by atoms with Crippen LogP contribution in [0.4, 0.5) is 0 Å². The highest BCUT2D eigenvalue weighted by atomic mass is 32.2. The molecule has 1 fully saturated rings. The Labute approximate surface area is 121 Å². The monoisotopic (exact) mass is 300 g/mol. The lowest BCUT2D eigenvalue weighted by atomic mass is 9.94. The molecule has 6 nitrogen and oxygen atoms in total. The molecule has 20 heavy (non-hydrogen) atoms. The van der Waals surface area contributed by atoms with Gasteiger partial charge >= 0.3 is 0 Å². The molecule has 1 saturated heterocycles. The van der Waals surface area contributed by atoms with Crippen LogP contribution in [-0.2, 0) is 10.2 Å². The molecule has 0 aliphatic carbocycles. The fourth-order valence-electron chi connectivity index (χ4n) is 2.86. The van der Waals surface area contributed by atoms with E-state index in [0.717, 1.165) is 6.42 Å². The fourth-order valence-corrected chi connectivity index (χ4v) is 4.55. The van der Waals surface area contributed by atoms with Crippen molar-refractivity contribution in [3.8, 4) is 0 Å². The smallest absolute Gasteiger partial charge is 0.280 e. The van der Waals surface area contributed by atoms with Crippen molar-refractivity contribution >= 4 is 10.2 Å². The lowest BCUT2D eigenvalue weighted by Gasteiger charge is -2.34. The molecule has 1 aliphatic rings. The van der Waals surface area contributed by atoms with E-state index >= 15 is 0 Å². The number of aromatic amines is 1. The molecule has 2 N–H and O–H groups in total. The summed E-state index contributed by atoms with van der Waals surface area (Å²) < 4.78 is 29.4. The van der Waals surface area contributed by atoms with Crippen molar-refractivity contribution in [1.82, 2.24) is 19.0 Å². The average molecular weight is 300 g/mol. The molecule has 0 radical (unpaired) electrons. The Kier molecular flexibility index (Phi) is 4.82. The third-order valence-electron chi connectivity index (χ3n) is 3.72. The molecule has 7 heteroatoms. The molecule has 3 atom stereocenters. The van der Waals surface area contributed by atoms with Crippen molar-refractivity contribution in [3.63, 3.8) is 0 Å². The van der Waals surface area contributed by atoms with Crippen molar-refractivity contribution < 1.29 is 8.42 Å². The first-order chi connectivity index (χ1) is 9.42. The van der Waals surface area contributed by atoms with E-state index in [1.54, 1.807) is 16.7 Å². The van der Waals surface area contributed by atoms with Gasteiger partial charge in [0.05, 0.1) is 6.04 Å². The van der Waals surface area contributed by atoms with E-state index in [9.17, 15) is 8.42 Å². The van der Waals surface area contributed by atoms with E-state index < -0.39 is 10.2 Å². The van der Waals surface area contributed by atoms with Crippen molar-refractivity contribution in [2.75, 3.05) is 13.1 Å². The number of nitrogens with zero attached hydrogens (tertiary/aromatic N) is 2. The summed E-state index contributed by atoms with van der Waals surface area (Å²) >= 11 is 0. The quantitative estimate of drug-likeness (QED) is 0.868. The second-order valence-corrected chi connectivity index (χ2v) is 7.52. The van der Waals surface area contributed by atoms with Crippen LogP contribution in [0.2, 0.25) is 0 Å². The van der Waals surface area contributed by atoms with Crippen LogP contribution in [0.15, 0.2) is 12.4 Å². The molecule has 1 aliphatic heterocycles. The molecule has 0 amide bonds. The second-order valence-electron chi connectivity index (χ2n) is 5.82. The predicted octanol–water partition coefficient (Wildman–Crippen LogP) is 1.67. The van der Waals surface area contributed by atoms with E-state index in [0.29, 0.717) is 37.2 Å². The minimum Gasteiger partial charge on any atom is -0.347 e. The Morgan fingerprint density at radius 3 is 2.60 bits per heavy atom. The molecule has 0 aromatic carbocycles. The maximum atomic E-state index is 12.5. The largest absolute Gasteiger partial charge is 0.347 e. The molecule has 2 rings (SSSR count). The highest BCUT2D eigenvalue weighted by Crippen LogP contribution is 2.24. The second kappa shape index (κ2) is 6.24. The van der Waals surface area contributed by atoms with Gasteiger partial charge in [-0.2, -0.15) is 17.4 Å². The Bertz CT molecular complexity index is 504. The Balaban J connectivity index is 2.10. The minimum absolute atomic E-state index is 0.303. The number of hydrogen-bond acceptors (Lipinski definition) is 3. The van der Waals surface area contributed by atoms with Gasteiger partial charge in [-0.3, -0.25) is 0 Å². The summed E-state index contributed by atoms with van der Waals surface area (Å²) in [6, 6.07) is -0.303. The summed E-state index contributed by atoms with van der Waals surface area (Å²) in [6.07, 6.45) is 5.09. The van der Waals surface area contributed by atoms with Crippen LogP contribution in [0, 0.1) is 11.8 Å². The van der Waals surface area contributed by atoms with Crippen molar-refractivity contribution in [1.29, 1.82) is 0 Å². The molecular formula is C13H24N4O2S. The molecule has 0 saturated carbocycles. The highest BCUT2D eigenvalue weighted by Gasteiger charge is 2.32. The van der Waals surface area contributed by atoms with Crippen molar-refractivity contribution in [3.05, 3.63) is 18.2 Å². The van der Waals surface area contributed by atoms with Crippen LogP contribution in [0.1, 0.15) is 45.5 Å². The lowest BCUT2D eigenvalue weighted by Crippen LogP contribution is -2.48. The summed E-state index contributed by atoms with van der Waals surface area (Å²) in [7, 11) is -3.46. The van der Waals surface area contributed by atoms with Crippen molar-refractivity contribution in [2.24, 2.45) is 11.8 Å². The first kappa shape index (κ1) is 15.5. The minimum atomic E-state index is -3.46. The van der Waals surface area contributed by atoms with Crippen LogP contribution < -0.4 is 4.72 Å². The molecule has 114 valence electrons. The maximum Gasteiger partial charge on any atom is 0.280 e. The molecule has 0 spiro atoms. The summed E-state index contributed by atoms with van der Waals surface area (Å²) in [4.78, 5) is 7.12. The summed E-state index contributed by atoms with van der Waals surface area (Å²) in [6.45, 7) is 7.32. The Morgan fingerprint density at radius 2 is 2.10 bits per heavy atom. The van der Waals surface area contributed by atoms with Crippen LogP contribution in [0.25, 0.3) is 0 Å².